The summed E-state index contributed by atoms with van der Waals surface area (Å²) >= 11 is 0. The van der Waals surface area contributed by atoms with Gasteiger partial charge in [0.2, 0.25) is 0 Å². The first-order chi connectivity index (χ1) is 10.0. The largest absolute Gasteiger partial charge is 0.369 e. The molecule has 8 atom stereocenters. The van der Waals surface area contributed by atoms with Crippen LogP contribution in [0.4, 0.5) is 0 Å². The third kappa shape index (κ3) is 1.56. The highest BCUT2D eigenvalue weighted by molar-refractivity contribution is 5.79. The molecular weight excluding hydrogens is 260 g/mol. The summed E-state index contributed by atoms with van der Waals surface area (Å²) in [6, 6.07) is 0. The molecule has 4 aliphatic carbocycles. The molecule has 0 spiro atoms. The molecular formula is C19H28O2. The van der Waals surface area contributed by atoms with Gasteiger partial charge in [-0.05, 0) is 73.0 Å². The standard InChI is InChI=1S/C19H28O2/c1-18-7-5-12(20)9-11(18)3-4-13-14(18)6-8-19(2)15(13)10-16-17(19)21-16/h11,13-17H,3-10H2,1-2H3/t11?,13-,14-,15+,16?,17?,18+,19+/m1/s1. The molecule has 5 aliphatic rings. The molecule has 1 saturated heterocycles. The Kier molecular flexibility index (Phi) is 2.45. The number of rotatable bonds is 0. The Morgan fingerprint density at radius 2 is 1.90 bits per heavy atom. The number of epoxide rings is 1. The second-order valence-electron chi connectivity index (χ2n) is 9.28. The van der Waals surface area contributed by atoms with Crippen molar-refractivity contribution in [1.29, 1.82) is 0 Å². The molecule has 0 amide bonds. The Balaban J connectivity index is 1.47. The zero-order valence-electron chi connectivity index (χ0n) is 13.4. The minimum Gasteiger partial charge on any atom is -0.369 e. The minimum atomic E-state index is 0.464. The molecule has 5 fully saturated rings. The van der Waals surface area contributed by atoms with Crippen molar-refractivity contribution in [3.63, 3.8) is 0 Å². The topological polar surface area (TPSA) is 29.6 Å². The molecule has 116 valence electrons. The first-order valence-electron chi connectivity index (χ1n) is 9.19. The van der Waals surface area contributed by atoms with E-state index in [1.807, 2.05) is 0 Å². The van der Waals surface area contributed by atoms with Crippen LogP contribution in [0, 0.1) is 34.5 Å². The highest BCUT2D eigenvalue weighted by Gasteiger charge is 2.68. The number of Topliss-reactive ketones (excluding diaryl/α,β-unsaturated/α-hetero) is 1. The minimum absolute atomic E-state index is 0.464. The predicted octanol–water partition coefficient (Wildman–Crippen LogP) is 3.98. The molecule has 0 aromatic rings. The van der Waals surface area contributed by atoms with Crippen LogP contribution in [0.2, 0.25) is 0 Å². The third-order valence-electron chi connectivity index (χ3n) is 8.64. The van der Waals surface area contributed by atoms with Crippen molar-refractivity contribution >= 4 is 5.78 Å². The van der Waals surface area contributed by atoms with Crippen LogP contribution in [0.15, 0.2) is 0 Å². The zero-order valence-corrected chi connectivity index (χ0v) is 13.4. The lowest BCUT2D eigenvalue weighted by Crippen LogP contribution is -2.53. The molecule has 3 unspecified atom stereocenters. The first-order valence-corrected chi connectivity index (χ1v) is 9.19. The number of carbonyl (C=O) groups is 1. The van der Waals surface area contributed by atoms with Gasteiger partial charge in [0.15, 0.2) is 0 Å². The zero-order chi connectivity index (χ0) is 14.4. The molecule has 0 aromatic carbocycles. The fourth-order valence-corrected chi connectivity index (χ4v) is 7.34. The molecule has 2 heteroatoms. The average molecular weight is 288 g/mol. The Morgan fingerprint density at radius 1 is 1.05 bits per heavy atom. The monoisotopic (exact) mass is 288 g/mol. The molecule has 0 aromatic heterocycles. The van der Waals surface area contributed by atoms with Crippen molar-refractivity contribution in [1.82, 2.24) is 0 Å². The normalized spacial score (nSPS) is 61.5. The van der Waals surface area contributed by atoms with Gasteiger partial charge in [0.05, 0.1) is 12.2 Å². The van der Waals surface area contributed by atoms with Gasteiger partial charge in [0.25, 0.3) is 0 Å². The van der Waals surface area contributed by atoms with Crippen molar-refractivity contribution in [3.8, 4) is 0 Å². The van der Waals surface area contributed by atoms with E-state index in [2.05, 4.69) is 13.8 Å². The van der Waals surface area contributed by atoms with Crippen LogP contribution in [0.5, 0.6) is 0 Å². The fourth-order valence-electron chi connectivity index (χ4n) is 7.34. The summed E-state index contributed by atoms with van der Waals surface area (Å²) in [7, 11) is 0. The second kappa shape index (κ2) is 3.93. The second-order valence-corrected chi connectivity index (χ2v) is 9.28. The Labute approximate surface area is 128 Å². The van der Waals surface area contributed by atoms with Crippen LogP contribution in [-0.4, -0.2) is 18.0 Å². The molecule has 21 heavy (non-hydrogen) atoms. The summed E-state index contributed by atoms with van der Waals surface area (Å²) in [4.78, 5) is 11.9. The van der Waals surface area contributed by atoms with E-state index in [-0.39, 0.29) is 0 Å². The molecule has 5 rings (SSSR count). The van der Waals surface area contributed by atoms with Crippen molar-refractivity contribution in [2.24, 2.45) is 34.5 Å². The van der Waals surface area contributed by atoms with E-state index in [1.54, 1.807) is 0 Å². The molecule has 0 bridgehead atoms. The lowest BCUT2D eigenvalue weighted by Gasteiger charge is -2.59. The van der Waals surface area contributed by atoms with Crippen LogP contribution < -0.4 is 0 Å². The summed E-state index contributed by atoms with van der Waals surface area (Å²) in [5.74, 6) is 3.95. The van der Waals surface area contributed by atoms with E-state index in [4.69, 9.17) is 4.74 Å². The SMILES string of the molecule is C[C@]12CCC(=O)CC1CC[C@@H]1[C@H]2CC[C@]2(C)C3OC3C[C@@H]12. The first kappa shape index (κ1) is 13.1. The summed E-state index contributed by atoms with van der Waals surface area (Å²) in [6.07, 6.45) is 10.9. The van der Waals surface area contributed by atoms with Crippen LogP contribution in [0.25, 0.3) is 0 Å². The van der Waals surface area contributed by atoms with Crippen molar-refractivity contribution in [3.05, 3.63) is 0 Å². The summed E-state index contributed by atoms with van der Waals surface area (Å²) in [5, 5.41) is 0. The maximum atomic E-state index is 11.9. The fraction of sp³-hybridized carbons (Fsp3) is 0.947. The molecule has 2 nitrogen and oxygen atoms in total. The van der Waals surface area contributed by atoms with Crippen LogP contribution in [-0.2, 0) is 9.53 Å². The van der Waals surface area contributed by atoms with E-state index < -0.39 is 0 Å². The predicted molar refractivity (Wildman–Crippen MR) is 80.8 cm³/mol. The summed E-state index contributed by atoms with van der Waals surface area (Å²) in [5.41, 5.74) is 0.950. The number of ether oxygens (including phenoxy) is 1. The highest BCUT2D eigenvalue weighted by Crippen LogP contribution is 2.69. The van der Waals surface area contributed by atoms with Crippen LogP contribution in [0.1, 0.15) is 65.2 Å². The van der Waals surface area contributed by atoms with Gasteiger partial charge in [-0.1, -0.05) is 13.8 Å². The van der Waals surface area contributed by atoms with Gasteiger partial charge in [0.1, 0.15) is 5.78 Å². The van der Waals surface area contributed by atoms with Gasteiger partial charge in [-0.2, -0.15) is 0 Å². The maximum absolute atomic E-state index is 11.9. The van der Waals surface area contributed by atoms with Gasteiger partial charge < -0.3 is 4.74 Å². The van der Waals surface area contributed by atoms with E-state index in [0.29, 0.717) is 34.7 Å². The van der Waals surface area contributed by atoms with Crippen LogP contribution in [0.3, 0.4) is 0 Å². The average Bonchev–Trinajstić information content (AvgIpc) is 3.17. The molecule has 1 aliphatic heterocycles. The summed E-state index contributed by atoms with van der Waals surface area (Å²) in [6.45, 7) is 5.06. The lowest BCUT2D eigenvalue weighted by molar-refractivity contribution is -0.141. The van der Waals surface area contributed by atoms with Crippen LogP contribution >= 0.6 is 0 Å². The van der Waals surface area contributed by atoms with Crippen molar-refractivity contribution in [2.75, 3.05) is 0 Å². The number of hydrogen-bond acceptors (Lipinski definition) is 2. The highest BCUT2D eigenvalue weighted by atomic mass is 16.6. The van der Waals surface area contributed by atoms with Gasteiger partial charge in [-0.25, -0.2) is 0 Å². The maximum Gasteiger partial charge on any atom is 0.133 e. The van der Waals surface area contributed by atoms with Gasteiger partial charge in [-0.3, -0.25) is 4.79 Å². The molecule has 0 N–H and O–H groups in total. The number of ketones is 1. The molecule has 0 radical (unpaired) electrons. The van der Waals surface area contributed by atoms with E-state index in [0.717, 1.165) is 30.6 Å². The van der Waals surface area contributed by atoms with E-state index in [1.165, 1.54) is 38.5 Å². The van der Waals surface area contributed by atoms with E-state index >= 15 is 0 Å². The quantitative estimate of drug-likeness (QED) is 0.631. The van der Waals surface area contributed by atoms with Gasteiger partial charge in [0, 0.05) is 12.8 Å². The molecule has 1 heterocycles. The Bertz CT molecular complexity index is 500. The number of hydrogen-bond donors (Lipinski definition) is 0. The van der Waals surface area contributed by atoms with Crippen molar-refractivity contribution < 1.29 is 9.53 Å². The van der Waals surface area contributed by atoms with Crippen molar-refractivity contribution in [2.45, 2.75) is 77.4 Å². The Morgan fingerprint density at radius 3 is 2.76 bits per heavy atom. The van der Waals surface area contributed by atoms with E-state index in [9.17, 15) is 4.79 Å². The number of carbonyl (C=O) groups excluding carboxylic acids is 1. The third-order valence-corrected chi connectivity index (χ3v) is 8.64. The van der Waals surface area contributed by atoms with Gasteiger partial charge in [-0.15, -0.1) is 0 Å². The lowest BCUT2D eigenvalue weighted by atomic mass is 9.45. The summed E-state index contributed by atoms with van der Waals surface area (Å²) < 4.78 is 5.91. The van der Waals surface area contributed by atoms with Gasteiger partial charge >= 0.3 is 0 Å². The smallest absolute Gasteiger partial charge is 0.133 e. The number of fused-ring (bicyclic) bond motifs is 7. The molecule has 4 saturated carbocycles. The Hall–Kier alpha value is -0.370.